The highest BCUT2D eigenvalue weighted by Crippen LogP contribution is 2.05. The number of nitrogens with two attached hydrogens (primary N) is 1. The van der Waals surface area contributed by atoms with Crippen molar-refractivity contribution in [3.05, 3.63) is 52.8 Å². The number of H-pyrrole nitrogens is 1. The molecule has 0 bridgehead atoms. The van der Waals surface area contributed by atoms with E-state index in [4.69, 9.17) is 5.73 Å². The molecule has 1 aromatic heterocycles. The summed E-state index contributed by atoms with van der Waals surface area (Å²) in [6.07, 6.45) is 0.777. The zero-order chi connectivity index (χ0) is 17.5. The lowest BCUT2D eigenvalue weighted by molar-refractivity contribution is -0.117. The second-order valence-electron chi connectivity index (χ2n) is 5.16. The Morgan fingerprint density at radius 3 is 2.42 bits per heavy atom. The summed E-state index contributed by atoms with van der Waals surface area (Å²) in [6.45, 7) is 2.08. The van der Waals surface area contributed by atoms with E-state index in [1.165, 1.54) is 0 Å². The second kappa shape index (κ2) is 7.91. The molecule has 3 amide bonds. The van der Waals surface area contributed by atoms with E-state index < -0.39 is 5.91 Å². The van der Waals surface area contributed by atoms with Gasteiger partial charge in [-0.1, -0.05) is 19.1 Å². The van der Waals surface area contributed by atoms with E-state index in [1.54, 1.807) is 30.3 Å². The minimum atomic E-state index is -0.604. The Morgan fingerprint density at radius 1 is 1.12 bits per heavy atom. The zero-order valence-corrected chi connectivity index (χ0v) is 13.3. The molecular weight excluding hydrogens is 310 g/mol. The predicted octanol–water partition coefficient (Wildman–Crippen LogP) is 0.117. The lowest BCUT2D eigenvalue weighted by Crippen LogP contribution is -2.33. The average Bonchev–Trinajstić information content (AvgIpc) is 3.07. The molecule has 2 rings (SSSR count). The summed E-state index contributed by atoms with van der Waals surface area (Å²) < 4.78 is 0. The summed E-state index contributed by atoms with van der Waals surface area (Å²) in [6, 6.07) is 8.38. The van der Waals surface area contributed by atoms with Crippen LogP contribution in [0.4, 0.5) is 0 Å². The number of amides is 3. The van der Waals surface area contributed by atoms with Gasteiger partial charge in [0.25, 0.3) is 11.8 Å². The average molecular weight is 329 g/mol. The summed E-state index contributed by atoms with van der Waals surface area (Å²) in [5, 5.41) is 11.9. The normalized spacial score (nSPS) is 10.2. The van der Waals surface area contributed by atoms with E-state index in [9.17, 15) is 14.4 Å². The molecule has 0 saturated heterocycles. The fraction of sp³-hybridized carbons (Fsp3) is 0.250. The van der Waals surface area contributed by atoms with Crippen molar-refractivity contribution in [3.63, 3.8) is 0 Å². The second-order valence-corrected chi connectivity index (χ2v) is 5.16. The van der Waals surface area contributed by atoms with Gasteiger partial charge in [0.2, 0.25) is 5.91 Å². The van der Waals surface area contributed by atoms with Crippen molar-refractivity contribution in [2.45, 2.75) is 19.9 Å². The van der Waals surface area contributed by atoms with Crippen LogP contribution in [0.2, 0.25) is 0 Å². The van der Waals surface area contributed by atoms with Crippen LogP contribution in [0.15, 0.2) is 30.3 Å². The number of aromatic amines is 1. The summed E-state index contributed by atoms with van der Waals surface area (Å²) in [5.41, 5.74) is 7.45. The standard InChI is InChI=1S/C16H19N5O3/c1-2-12-7-13(21-20-12)16(24)18-8-10-3-5-11(6-4-10)15(23)19-9-14(17)22/h3-7H,2,8-9H2,1H3,(H2,17,22)(H,18,24)(H,19,23)(H,20,21). The molecule has 5 N–H and O–H groups in total. The van der Waals surface area contributed by atoms with Crippen molar-refractivity contribution in [3.8, 4) is 0 Å². The van der Waals surface area contributed by atoms with Gasteiger partial charge >= 0.3 is 0 Å². The number of aryl methyl sites for hydroxylation is 1. The Hall–Kier alpha value is -3.16. The molecule has 0 atom stereocenters. The first-order valence-corrected chi connectivity index (χ1v) is 7.47. The number of hydrogen-bond acceptors (Lipinski definition) is 4. The molecule has 0 fully saturated rings. The molecule has 0 aliphatic carbocycles. The maximum atomic E-state index is 12.0. The number of benzene rings is 1. The number of primary amides is 1. The molecule has 0 unspecified atom stereocenters. The topological polar surface area (TPSA) is 130 Å². The van der Waals surface area contributed by atoms with Gasteiger partial charge < -0.3 is 16.4 Å². The summed E-state index contributed by atoms with van der Waals surface area (Å²) in [4.78, 5) is 34.3. The van der Waals surface area contributed by atoms with Crippen LogP contribution in [-0.4, -0.2) is 34.5 Å². The van der Waals surface area contributed by atoms with E-state index in [1.807, 2.05) is 6.92 Å². The molecule has 8 nitrogen and oxygen atoms in total. The van der Waals surface area contributed by atoms with Crippen LogP contribution in [-0.2, 0) is 17.8 Å². The number of nitrogens with zero attached hydrogens (tertiary/aromatic N) is 1. The van der Waals surface area contributed by atoms with Gasteiger partial charge in [0, 0.05) is 17.8 Å². The Kier molecular flexibility index (Phi) is 5.67. The van der Waals surface area contributed by atoms with Gasteiger partial charge in [-0.05, 0) is 30.2 Å². The Balaban J connectivity index is 1.88. The smallest absolute Gasteiger partial charge is 0.272 e. The predicted molar refractivity (Wildman–Crippen MR) is 87.1 cm³/mol. The van der Waals surface area contributed by atoms with Gasteiger partial charge in [0.1, 0.15) is 5.69 Å². The van der Waals surface area contributed by atoms with Crippen LogP contribution >= 0.6 is 0 Å². The minimum absolute atomic E-state index is 0.208. The lowest BCUT2D eigenvalue weighted by Gasteiger charge is -2.06. The van der Waals surface area contributed by atoms with Crippen molar-refractivity contribution in [2.75, 3.05) is 6.54 Å². The number of aromatic nitrogens is 2. The molecule has 0 aliphatic heterocycles. The van der Waals surface area contributed by atoms with Gasteiger partial charge in [-0.3, -0.25) is 19.5 Å². The van der Waals surface area contributed by atoms with Crippen LogP contribution in [0.3, 0.4) is 0 Å². The first-order valence-electron chi connectivity index (χ1n) is 7.47. The van der Waals surface area contributed by atoms with Gasteiger partial charge in [-0.15, -0.1) is 0 Å². The van der Waals surface area contributed by atoms with Crippen molar-refractivity contribution < 1.29 is 14.4 Å². The molecule has 1 aromatic carbocycles. The molecule has 0 aliphatic rings. The van der Waals surface area contributed by atoms with Gasteiger partial charge in [0.05, 0.1) is 6.54 Å². The summed E-state index contributed by atoms with van der Waals surface area (Å²) >= 11 is 0. The molecule has 0 spiro atoms. The Labute approximate surface area is 138 Å². The fourth-order valence-corrected chi connectivity index (χ4v) is 1.98. The van der Waals surface area contributed by atoms with Crippen molar-refractivity contribution in [1.29, 1.82) is 0 Å². The number of rotatable bonds is 7. The number of carbonyl (C=O) groups is 3. The Morgan fingerprint density at radius 2 is 1.83 bits per heavy atom. The highest BCUT2D eigenvalue weighted by molar-refractivity contribution is 5.96. The van der Waals surface area contributed by atoms with E-state index in [-0.39, 0.29) is 18.4 Å². The first-order chi connectivity index (χ1) is 11.5. The quantitative estimate of drug-likeness (QED) is 0.574. The maximum absolute atomic E-state index is 12.0. The third-order valence-electron chi connectivity index (χ3n) is 3.34. The lowest BCUT2D eigenvalue weighted by atomic mass is 10.1. The fourth-order valence-electron chi connectivity index (χ4n) is 1.98. The molecule has 1 heterocycles. The van der Waals surface area contributed by atoms with Crippen LogP contribution in [0.1, 0.15) is 39.0 Å². The molecule has 0 saturated carbocycles. The van der Waals surface area contributed by atoms with Crippen LogP contribution < -0.4 is 16.4 Å². The third-order valence-corrected chi connectivity index (χ3v) is 3.34. The molecular formula is C16H19N5O3. The minimum Gasteiger partial charge on any atom is -0.368 e. The highest BCUT2D eigenvalue weighted by atomic mass is 16.2. The van der Waals surface area contributed by atoms with E-state index in [0.29, 0.717) is 17.8 Å². The number of carbonyl (C=O) groups excluding carboxylic acids is 3. The Bertz CT molecular complexity index is 736. The van der Waals surface area contributed by atoms with Crippen molar-refractivity contribution in [1.82, 2.24) is 20.8 Å². The van der Waals surface area contributed by atoms with Crippen LogP contribution in [0, 0.1) is 0 Å². The number of nitrogens with one attached hydrogen (secondary N) is 3. The highest BCUT2D eigenvalue weighted by Gasteiger charge is 2.10. The monoisotopic (exact) mass is 329 g/mol. The molecule has 126 valence electrons. The SMILES string of the molecule is CCc1cc(C(=O)NCc2ccc(C(=O)NCC(N)=O)cc2)n[nH]1. The molecule has 0 radical (unpaired) electrons. The van der Waals surface area contributed by atoms with E-state index >= 15 is 0 Å². The molecule has 2 aromatic rings. The van der Waals surface area contributed by atoms with Gasteiger partial charge in [-0.2, -0.15) is 5.10 Å². The van der Waals surface area contributed by atoms with Crippen LogP contribution in [0.25, 0.3) is 0 Å². The van der Waals surface area contributed by atoms with E-state index in [0.717, 1.165) is 17.7 Å². The van der Waals surface area contributed by atoms with Gasteiger partial charge in [-0.25, -0.2) is 0 Å². The maximum Gasteiger partial charge on any atom is 0.272 e. The molecule has 8 heteroatoms. The largest absolute Gasteiger partial charge is 0.368 e. The van der Waals surface area contributed by atoms with E-state index in [2.05, 4.69) is 20.8 Å². The van der Waals surface area contributed by atoms with Crippen LogP contribution in [0.5, 0.6) is 0 Å². The number of hydrogen-bond donors (Lipinski definition) is 4. The summed E-state index contributed by atoms with van der Waals surface area (Å²) in [7, 11) is 0. The zero-order valence-electron chi connectivity index (χ0n) is 13.3. The first kappa shape index (κ1) is 17.2. The molecule has 24 heavy (non-hydrogen) atoms. The third kappa shape index (κ3) is 4.67. The van der Waals surface area contributed by atoms with Gasteiger partial charge in [0.15, 0.2) is 0 Å². The van der Waals surface area contributed by atoms with Crippen molar-refractivity contribution >= 4 is 17.7 Å². The summed E-state index contributed by atoms with van der Waals surface area (Å²) in [5.74, 6) is -1.26. The van der Waals surface area contributed by atoms with Crippen molar-refractivity contribution in [2.24, 2.45) is 5.73 Å².